The minimum atomic E-state index is 0.493. The average molecular weight is 300 g/mol. The van der Waals surface area contributed by atoms with Crippen LogP contribution in [0.1, 0.15) is 6.92 Å². The summed E-state index contributed by atoms with van der Waals surface area (Å²) in [6, 6.07) is 11.7. The highest BCUT2D eigenvalue weighted by Gasteiger charge is 2.10. The van der Waals surface area contributed by atoms with Crippen LogP contribution < -0.4 is 16.0 Å². The smallest absolute Gasteiger partial charge is 0.137 e. The number of rotatable bonds is 1. The molecule has 0 aliphatic carbocycles. The van der Waals surface area contributed by atoms with E-state index in [-0.39, 0.29) is 0 Å². The fourth-order valence-electron chi connectivity index (χ4n) is 3.19. The van der Waals surface area contributed by atoms with Gasteiger partial charge in [-0.3, -0.25) is 0 Å². The van der Waals surface area contributed by atoms with Gasteiger partial charge in [-0.2, -0.15) is 0 Å². The zero-order valence-corrected chi connectivity index (χ0v) is 12.8. The molecular weight excluding hydrogens is 284 g/mol. The second kappa shape index (κ2) is 4.99. The summed E-state index contributed by atoms with van der Waals surface area (Å²) >= 11 is 0. The molecule has 0 fully saturated rings. The second-order valence-electron chi connectivity index (χ2n) is 5.51. The highest BCUT2D eigenvalue weighted by Crippen LogP contribution is 2.28. The van der Waals surface area contributed by atoms with Crippen molar-refractivity contribution in [2.24, 2.45) is 0 Å². The molecule has 0 spiro atoms. The summed E-state index contributed by atoms with van der Waals surface area (Å²) in [6.07, 6.45) is 5.63. The average Bonchev–Trinajstić information content (AvgIpc) is 2.55. The molecule has 0 bridgehead atoms. The zero-order valence-electron chi connectivity index (χ0n) is 12.8. The van der Waals surface area contributed by atoms with E-state index in [9.17, 15) is 0 Å². The van der Waals surface area contributed by atoms with Crippen molar-refractivity contribution in [3.63, 3.8) is 0 Å². The third-order valence-electron chi connectivity index (χ3n) is 4.16. The van der Waals surface area contributed by atoms with Crippen LogP contribution in [0.5, 0.6) is 0 Å². The molecule has 0 aliphatic rings. The minimum Gasteiger partial charge on any atom is -0.456 e. The molecule has 3 nitrogen and oxygen atoms in total. The molecule has 3 heteroatoms. The lowest BCUT2D eigenvalue weighted by molar-refractivity contribution is 0.562. The molecule has 112 valence electrons. The third kappa shape index (κ3) is 1.94. The van der Waals surface area contributed by atoms with E-state index in [4.69, 9.17) is 9.83 Å². The first-order valence-corrected chi connectivity index (χ1v) is 7.54. The molecule has 23 heavy (non-hydrogen) atoms. The van der Waals surface area contributed by atoms with Crippen molar-refractivity contribution in [3.8, 4) is 0 Å². The van der Waals surface area contributed by atoms with Gasteiger partial charge in [0.15, 0.2) is 0 Å². The molecular formula is C20H16N2O. The highest BCUT2D eigenvalue weighted by atomic mass is 16.3. The van der Waals surface area contributed by atoms with Gasteiger partial charge < -0.3 is 14.8 Å². The van der Waals surface area contributed by atoms with Gasteiger partial charge in [0, 0.05) is 21.5 Å². The van der Waals surface area contributed by atoms with E-state index >= 15 is 0 Å². The molecule has 0 amide bonds. The number of allylic oxidation sites excluding steroid dienone is 1. The molecule has 2 aromatic carbocycles. The highest BCUT2D eigenvalue weighted by molar-refractivity contribution is 6.17. The van der Waals surface area contributed by atoms with E-state index in [1.54, 1.807) is 6.08 Å². The molecule has 0 atom stereocenters. The first-order valence-electron chi connectivity index (χ1n) is 7.54. The normalized spacial score (nSPS) is 13.4. The maximum atomic E-state index is 7.89. The standard InChI is InChI=1S/C20H16N2O/c1-3-6-17-13(4-2)20-19-15(7-5-8-18(19)23-17)14-10-9-12(21)11-16(14)22-20/h3-11,21-22H,1H2,2H3. The number of benzene rings is 2. The Kier molecular flexibility index (Phi) is 2.95. The molecule has 2 N–H and O–H groups in total. The fraction of sp³-hybridized carbons (Fsp3) is 0.0500. The fourth-order valence-corrected chi connectivity index (χ4v) is 3.19. The summed E-state index contributed by atoms with van der Waals surface area (Å²) in [6.45, 7) is 5.77. The Morgan fingerprint density at radius 1 is 1.17 bits per heavy atom. The molecule has 0 aliphatic heterocycles. The first-order chi connectivity index (χ1) is 11.2. The van der Waals surface area contributed by atoms with Crippen LogP contribution >= 0.6 is 0 Å². The lowest BCUT2D eigenvalue weighted by atomic mass is 10.0. The zero-order chi connectivity index (χ0) is 16.0. The molecule has 0 radical (unpaired) electrons. The van der Waals surface area contributed by atoms with Gasteiger partial charge in [-0.15, -0.1) is 0 Å². The lowest BCUT2D eigenvalue weighted by Crippen LogP contribution is -2.25. The number of nitrogens with one attached hydrogen (secondary N) is 2. The Labute approximate surface area is 132 Å². The Bertz CT molecular complexity index is 1260. The predicted octanol–water partition coefficient (Wildman–Crippen LogP) is 3.31. The number of aromatic nitrogens is 1. The van der Waals surface area contributed by atoms with E-state index in [0.29, 0.717) is 5.36 Å². The van der Waals surface area contributed by atoms with E-state index in [1.807, 2.05) is 49.4 Å². The Morgan fingerprint density at radius 3 is 2.83 bits per heavy atom. The van der Waals surface area contributed by atoms with Crippen LogP contribution in [-0.2, 0) is 0 Å². The van der Waals surface area contributed by atoms with Gasteiger partial charge in [0.2, 0.25) is 0 Å². The predicted molar refractivity (Wildman–Crippen MR) is 95.5 cm³/mol. The third-order valence-corrected chi connectivity index (χ3v) is 4.16. The summed E-state index contributed by atoms with van der Waals surface area (Å²) in [7, 11) is 0. The van der Waals surface area contributed by atoms with Crippen LogP contribution in [0.25, 0.3) is 44.9 Å². The summed E-state index contributed by atoms with van der Waals surface area (Å²) in [5.74, 6) is 0. The molecule has 4 rings (SSSR count). The Hall–Kier alpha value is -3.07. The van der Waals surface area contributed by atoms with Crippen molar-refractivity contribution >= 4 is 44.9 Å². The van der Waals surface area contributed by atoms with Gasteiger partial charge in [-0.05, 0) is 36.6 Å². The molecule has 0 saturated heterocycles. The molecule has 0 saturated carbocycles. The molecule has 4 aromatic rings. The minimum absolute atomic E-state index is 0.493. The van der Waals surface area contributed by atoms with E-state index in [0.717, 1.165) is 43.4 Å². The van der Waals surface area contributed by atoms with Crippen LogP contribution in [0, 0.1) is 5.41 Å². The van der Waals surface area contributed by atoms with Gasteiger partial charge in [0.25, 0.3) is 0 Å². The van der Waals surface area contributed by atoms with Crippen LogP contribution in [0.15, 0.2) is 53.5 Å². The van der Waals surface area contributed by atoms with Crippen molar-refractivity contribution in [3.05, 3.63) is 65.0 Å². The Morgan fingerprint density at radius 2 is 2.04 bits per heavy atom. The molecule has 2 aromatic heterocycles. The molecule has 0 unspecified atom stereocenters. The topological polar surface area (TPSA) is 52.8 Å². The number of hydrogen-bond donors (Lipinski definition) is 2. The van der Waals surface area contributed by atoms with Gasteiger partial charge >= 0.3 is 0 Å². The van der Waals surface area contributed by atoms with Crippen molar-refractivity contribution in [1.82, 2.24) is 4.98 Å². The van der Waals surface area contributed by atoms with Gasteiger partial charge in [0.05, 0.1) is 10.9 Å². The quantitative estimate of drug-likeness (QED) is 0.411. The number of fused-ring (bicyclic) bond motifs is 2. The number of hydrogen-bond acceptors (Lipinski definition) is 2. The van der Waals surface area contributed by atoms with Crippen LogP contribution in [-0.4, -0.2) is 4.98 Å². The van der Waals surface area contributed by atoms with E-state index in [2.05, 4.69) is 17.6 Å². The number of H-pyrrole nitrogens is 1. The van der Waals surface area contributed by atoms with Crippen LogP contribution in [0.4, 0.5) is 0 Å². The second-order valence-corrected chi connectivity index (χ2v) is 5.51. The summed E-state index contributed by atoms with van der Waals surface area (Å²) in [5, 5.41) is 12.7. The summed E-state index contributed by atoms with van der Waals surface area (Å²) < 4.78 is 6.09. The number of pyridine rings is 1. The van der Waals surface area contributed by atoms with Crippen LogP contribution in [0.2, 0.25) is 0 Å². The van der Waals surface area contributed by atoms with Crippen molar-refractivity contribution < 1.29 is 4.42 Å². The first kappa shape index (κ1) is 13.6. The lowest BCUT2D eigenvalue weighted by Gasteiger charge is -2.10. The Balaban J connectivity index is 2.44. The maximum absolute atomic E-state index is 7.89. The summed E-state index contributed by atoms with van der Waals surface area (Å²) in [5.41, 5.74) is 3.59. The van der Waals surface area contributed by atoms with E-state index < -0.39 is 0 Å². The maximum Gasteiger partial charge on any atom is 0.137 e. The van der Waals surface area contributed by atoms with Crippen molar-refractivity contribution in [2.45, 2.75) is 6.92 Å². The van der Waals surface area contributed by atoms with Gasteiger partial charge in [0.1, 0.15) is 11.0 Å². The monoisotopic (exact) mass is 300 g/mol. The van der Waals surface area contributed by atoms with E-state index in [1.165, 1.54) is 0 Å². The van der Waals surface area contributed by atoms with Gasteiger partial charge in [-0.1, -0.05) is 36.9 Å². The van der Waals surface area contributed by atoms with Gasteiger partial charge in [-0.25, -0.2) is 0 Å². The molecule has 2 heterocycles. The van der Waals surface area contributed by atoms with Crippen LogP contribution in [0.3, 0.4) is 0 Å². The van der Waals surface area contributed by atoms with Crippen molar-refractivity contribution in [2.75, 3.05) is 0 Å². The SMILES string of the molecule is C=CC=c1oc2cccc3c4ccc(=N)cc4[nH]c(c1=CC)c23. The number of aromatic amines is 1. The largest absolute Gasteiger partial charge is 0.456 e. The summed E-state index contributed by atoms with van der Waals surface area (Å²) in [4.78, 5) is 3.50. The van der Waals surface area contributed by atoms with Crippen molar-refractivity contribution in [1.29, 1.82) is 5.41 Å².